The summed E-state index contributed by atoms with van der Waals surface area (Å²) < 4.78 is 10.7. The van der Waals surface area contributed by atoms with E-state index in [1.54, 1.807) is 12.4 Å². The Morgan fingerprint density at radius 2 is 1.07 bits per heavy atom. The number of aromatic nitrogens is 2. The number of carbonyl (C=O) groups is 2. The van der Waals surface area contributed by atoms with Crippen molar-refractivity contribution >= 4 is 58.5 Å². The molecular formula is C32H44N6O4S2. The molecule has 2 N–H and O–H groups in total. The number of nitrogens with zero attached hydrogens (tertiary/aromatic N) is 4. The van der Waals surface area contributed by atoms with E-state index < -0.39 is 12.2 Å². The molecule has 2 aromatic carbocycles. The number of benzene rings is 2. The first kappa shape index (κ1) is 34.8. The number of ether oxygens (including phenoxy) is 2. The Labute approximate surface area is 269 Å². The monoisotopic (exact) mass is 640 g/mol. The van der Waals surface area contributed by atoms with Crippen LogP contribution in [0.3, 0.4) is 0 Å². The number of hydrogen-bond acceptors (Lipinski definition) is 10. The van der Waals surface area contributed by atoms with Gasteiger partial charge >= 0.3 is 12.2 Å². The molecule has 0 saturated heterocycles. The molecule has 12 heteroatoms. The predicted molar refractivity (Wildman–Crippen MR) is 183 cm³/mol. The number of carbonyl (C=O) groups excluding carboxylic acids is 2. The number of nitrogens with one attached hydrogen (secondary N) is 2. The molecule has 44 heavy (non-hydrogen) atoms. The van der Waals surface area contributed by atoms with Crippen molar-refractivity contribution in [2.75, 3.05) is 71.3 Å². The number of rotatable bonds is 16. The number of aryl methyl sites for hydroxylation is 2. The third-order valence-electron chi connectivity index (χ3n) is 6.89. The van der Waals surface area contributed by atoms with Crippen molar-refractivity contribution in [1.29, 1.82) is 0 Å². The highest BCUT2D eigenvalue weighted by molar-refractivity contribution is 7.99. The Morgan fingerprint density at radius 3 is 1.39 bits per heavy atom. The van der Waals surface area contributed by atoms with Crippen LogP contribution in [0.5, 0.6) is 0 Å². The second-order valence-electron chi connectivity index (χ2n) is 9.75. The predicted octanol–water partition coefficient (Wildman–Crippen LogP) is 7.47. The van der Waals surface area contributed by atoms with Gasteiger partial charge in [0.1, 0.15) is 23.3 Å². The molecule has 0 bridgehead atoms. The Balaban J connectivity index is 1.31. The lowest BCUT2D eigenvalue weighted by Crippen LogP contribution is -2.22. The van der Waals surface area contributed by atoms with Crippen molar-refractivity contribution in [1.82, 2.24) is 9.97 Å². The smallest absolute Gasteiger partial charge is 0.411 e. The molecule has 238 valence electrons. The van der Waals surface area contributed by atoms with Crippen LogP contribution in [-0.2, 0) is 9.47 Å². The number of thioether (sulfide) groups is 2. The molecule has 0 saturated carbocycles. The molecule has 0 radical (unpaired) electrons. The van der Waals surface area contributed by atoms with Crippen LogP contribution in [0.15, 0.2) is 58.8 Å². The van der Waals surface area contributed by atoms with Gasteiger partial charge in [0.05, 0.1) is 12.4 Å². The van der Waals surface area contributed by atoms with Crippen LogP contribution in [0.2, 0.25) is 0 Å². The molecule has 0 spiro atoms. The zero-order valence-corrected chi connectivity index (χ0v) is 28.1. The highest BCUT2D eigenvalue weighted by Gasteiger charge is 2.11. The number of anilines is 4. The van der Waals surface area contributed by atoms with Gasteiger partial charge < -0.3 is 19.3 Å². The third-order valence-corrected chi connectivity index (χ3v) is 8.64. The van der Waals surface area contributed by atoms with Crippen LogP contribution < -0.4 is 20.4 Å². The van der Waals surface area contributed by atoms with Gasteiger partial charge in [-0.25, -0.2) is 19.6 Å². The summed E-state index contributed by atoms with van der Waals surface area (Å²) in [4.78, 5) is 37.9. The topological polar surface area (TPSA) is 109 Å². The van der Waals surface area contributed by atoms with Gasteiger partial charge in [0, 0.05) is 60.4 Å². The van der Waals surface area contributed by atoms with Crippen LogP contribution in [0, 0.1) is 13.8 Å². The molecule has 0 unspecified atom stereocenters. The normalized spacial score (nSPS) is 10.7. The zero-order valence-electron chi connectivity index (χ0n) is 26.5. The average molecular weight is 641 g/mol. The van der Waals surface area contributed by atoms with Gasteiger partial charge in [0.15, 0.2) is 0 Å². The van der Waals surface area contributed by atoms with E-state index in [0.29, 0.717) is 11.5 Å². The summed E-state index contributed by atoms with van der Waals surface area (Å²) in [5.41, 5.74) is 5.70. The maximum absolute atomic E-state index is 12.3. The molecule has 0 atom stereocenters. The molecule has 3 rings (SSSR count). The summed E-state index contributed by atoms with van der Waals surface area (Å²) in [7, 11) is 0. The van der Waals surface area contributed by atoms with Gasteiger partial charge in [0.25, 0.3) is 0 Å². The fourth-order valence-corrected chi connectivity index (χ4v) is 5.71. The number of amides is 2. The van der Waals surface area contributed by atoms with E-state index in [1.807, 2.05) is 38.1 Å². The van der Waals surface area contributed by atoms with Crippen LogP contribution in [0.4, 0.5) is 32.3 Å². The Bertz CT molecular complexity index is 1250. The van der Waals surface area contributed by atoms with Crippen LogP contribution in [0.1, 0.15) is 38.8 Å². The second kappa shape index (κ2) is 18.2. The summed E-state index contributed by atoms with van der Waals surface area (Å²) in [6.45, 7) is 16.6. The minimum atomic E-state index is -0.485. The molecule has 1 aromatic heterocycles. The lowest BCUT2D eigenvalue weighted by atomic mass is 10.1. The van der Waals surface area contributed by atoms with E-state index in [-0.39, 0.29) is 13.2 Å². The fraction of sp³-hybridized carbons (Fsp3) is 0.438. The molecule has 3 aromatic rings. The van der Waals surface area contributed by atoms with Crippen molar-refractivity contribution in [2.45, 2.75) is 51.6 Å². The molecule has 10 nitrogen and oxygen atoms in total. The number of hydrogen-bond donors (Lipinski definition) is 2. The minimum absolute atomic E-state index is 0.240. The lowest BCUT2D eigenvalue weighted by molar-refractivity contribution is 0.168. The second-order valence-corrected chi connectivity index (χ2v) is 12.0. The van der Waals surface area contributed by atoms with E-state index in [0.717, 1.165) is 70.1 Å². The van der Waals surface area contributed by atoms with Crippen molar-refractivity contribution in [2.24, 2.45) is 0 Å². The quantitative estimate of drug-likeness (QED) is 0.121. The summed E-state index contributed by atoms with van der Waals surface area (Å²) in [6.07, 6.45) is 2.40. The lowest BCUT2D eigenvalue weighted by Gasteiger charge is -2.22. The highest BCUT2D eigenvalue weighted by Crippen LogP contribution is 2.24. The van der Waals surface area contributed by atoms with E-state index in [4.69, 9.17) is 9.47 Å². The third kappa shape index (κ3) is 10.8. The van der Waals surface area contributed by atoms with E-state index in [1.165, 1.54) is 23.5 Å². The van der Waals surface area contributed by atoms with Gasteiger partial charge in [0.2, 0.25) is 0 Å². The zero-order chi connectivity index (χ0) is 31.9. The Hall–Kier alpha value is -3.64. The molecule has 0 fully saturated rings. The molecular weight excluding hydrogens is 597 g/mol. The van der Waals surface area contributed by atoms with Gasteiger partial charge in [-0.1, -0.05) is 0 Å². The van der Waals surface area contributed by atoms with Crippen molar-refractivity contribution in [3.63, 3.8) is 0 Å². The van der Waals surface area contributed by atoms with E-state index >= 15 is 0 Å². The molecule has 0 aliphatic rings. The maximum atomic E-state index is 12.3. The van der Waals surface area contributed by atoms with Gasteiger partial charge in [-0.2, -0.15) is 0 Å². The van der Waals surface area contributed by atoms with Crippen molar-refractivity contribution < 1.29 is 19.1 Å². The highest BCUT2D eigenvalue weighted by atomic mass is 32.2. The largest absolute Gasteiger partial charge is 0.448 e. The standard InChI is InChI=1S/C32H44N6O4S2/c1-7-37(8-2)25-11-13-27(23(5)19-25)35-31(39)41-15-17-43-29-21-34-30(22-33-29)44-18-16-42-32(40)36-28-14-12-26(20-24(28)6)38(9-3)10-4/h11-14,19-22H,7-10,15-18H2,1-6H3,(H,35,39)(H,36,40). The molecule has 0 aliphatic heterocycles. The van der Waals surface area contributed by atoms with E-state index in [9.17, 15) is 9.59 Å². The fourth-order valence-electron chi connectivity index (χ4n) is 4.45. The van der Waals surface area contributed by atoms with E-state index in [2.05, 4.69) is 70.2 Å². The Morgan fingerprint density at radius 1 is 0.682 bits per heavy atom. The van der Waals surface area contributed by atoms with Crippen LogP contribution >= 0.6 is 23.5 Å². The Kier molecular flexibility index (Phi) is 14.4. The first-order chi connectivity index (χ1) is 21.3. The van der Waals surface area contributed by atoms with Gasteiger partial charge in [-0.3, -0.25) is 10.6 Å². The van der Waals surface area contributed by atoms with Gasteiger partial charge in [-0.15, -0.1) is 23.5 Å². The maximum Gasteiger partial charge on any atom is 0.411 e. The molecule has 0 aliphatic carbocycles. The van der Waals surface area contributed by atoms with Crippen LogP contribution in [-0.4, -0.2) is 73.1 Å². The average Bonchev–Trinajstić information content (AvgIpc) is 3.02. The van der Waals surface area contributed by atoms with Crippen molar-refractivity contribution in [3.05, 3.63) is 59.9 Å². The minimum Gasteiger partial charge on any atom is -0.448 e. The van der Waals surface area contributed by atoms with Gasteiger partial charge in [-0.05, 0) is 89.1 Å². The summed E-state index contributed by atoms with van der Waals surface area (Å²) in [5.74, 6) is 1.10. The van der Waals surface area contributed by atoms with Crippen LogP contribution in [0.25, 0.3) is 0 Å². The summed E-state index contributed by atoms with van der Waals surface area (Å²) in [5, 5.41) is 7.11. The SMILES string of the molecule is CCN(CC)c1ccc(NC(=O)OCCSc2cnc(SCCOC(=O)Nc3ccc(N(CC)CC)cc3C)cn2)c(C)c1. The van der Waals surface area contributed by atoms with Crippen molar-refractivity contribution in [3.8, 4) is 0 Å². The molecule has 1 heterocycles. The summed E-state index contributed by atoms with van der Waals surface area (Å²) >= 11 is 2.91. The first-order valence-corrected chi connectivity index (χ1v) is 16.9. The first-order valence-electron chi connectivity index (χ1n) is 14.9. The molecule has 2 amide bonds. The summed E-state index contributed by atoms with van der Waals surface area (Å²) in [6, 6.07) is 12.0.